The number of rotatable bonds is 1. The molecule has 0 N–H and O–H groups in total. The van der Waals surface area contributed by atoms with Gasteiger partial charge in [0.15, 0.2) is 0 Å². The third-order valence-corrected chi connectivity index (χ3v) is 2.72. The molecule has 0 aliphatic carbocycles. The Bertz CT molecular complexity index is 630. The van der Waals surface area contributed by atoms with E-state index >= 15 is 0 Å². The molecule has 0 saturated heterocycles. The highest BCUT2D eigenvalue weighted by Gasteiger charge is 2.09. The second kappa shape index (κ2) is 4.25. The van der Waals surface area contributed by atoms with Crippen molar-refractivity contribution in [3.8, 4) is 0 Å². The van der Waals surface area contributed by atoms with E-state index < -0.39 is 0 Å². The van der Waals surface area contributed by atoms with Crippen LogP contribution in [-0.4, -0.2) is 6.21 Å². The van der Waals surface area contributed by atoms with Gasteiger partial charge in [-0.1, -0.05) is 48.5 Å². The van der Waals surface area contributed by atoms with Gasteiger partial charge in [0.2, 0.25) is 0 Å². The van der Waals surface area contributed by atoms with Crippen LogP contribution in [0.15, 0.2) is 65.3 Å². The lowest BCUT2D eigenvalue weighted by atomic mass is 10.1. The van der Waals surface area contributed by atoms with Crippen molar-refractivity contribution in [3.63, 3.8) is 0 Å². The number of hydrogen-bond acceptors (Lipinski definition) is 1. The molecule has 0 atom stereocenters. The molecule has 1 nitrogen and oxygen atoms in total. The van der Waals surface area contributed by atoms with Crippen LogP contribution in [0.25, 0.3) is 11.6 Å². The number of benzene rings is 2. The molecule has 80 valence electrons. The zero-order valence-electron chi connectivity index (χ0n) is 9.30. The third kappa shape index (κ3) is 1.96. The summed E-state index contributed by atoms with van der Waals surface area (Å²) in [5.74, 6) is 0. The molecule has 0 bridgehead atoms. The Morgan fingerprint density at radius 2 is 1.65 bits per heavy atom. The molecule has 0 spiro atoms. The summed E-state index contributed by atoms with van der Waals surface area (Å²) in [5, 5.41) is 0. The average molecular weight is 217 g/mol. The van der Waals surface area contributed by atoms with Crippen molar-refractivity contribution in [2.24, 2.45) is 4.99 Å². The first kappa shape index (κ1) is 9.83. The highest BCUT2D eigenvalue weighted by atomic mass is 14.7. The maximum atomic E-state index is 4.35. The summed E-state index contributed by atoms with van der Waals surface area (Å²) >= 11 is 0. The largest absolute Gasteiger partial charge is 0.255 e. The first-order valence-electron chi connectivity index (χ1n) is 5.59. The van der Waals surface area contributed by atoms with Crippen molar-refractivity contribution in [3.05, 3.63) is 71.5 Å². The van der Waals surface area contributed by atoms with E-state index in [-0.39, 0.29) is 0 Å². The van der Waals surface area contributed by atoms with Gasteiger partial charge in [-0.3, -0.25) is 4.99 Å². The van der Waals surface area contributed by atoms with Crippen LogP contribution in [0, 0.1) is 0 Å². The maximum Gasteiger partial charge on any atom is 0.0715 e. The van der Waals surface area contributed by atoms with Gasteiger partial charge >= 0.3 is 0 Å². The molecule has 0 saturated carbocycles. The van der Waals surface area contributed by atoms with Crippen LogP contribution in [0.3, 0.4) is 0 Å². The summed E-state index contributed by atoms with van der Waals surface area (Å²) in [6, 6.07) is 18.3. The quantitative estimate of drug-likeness (QED) is 0.638. The zero-order chi connectivity index (χ0) is 11.5. The lowest BCUT2D eigenvalue weighted by Crippen LogP contribution is -1.76. The number of nitrogens with zero attached hydrogens (tertiary/aromatic N) is 1. The third-order valence-electron chi connectivity index (χ3n) is 2.72. The molecule has 2 aromatic carbocycles. The molecule has 1 heteroatoms. The predicted molar refractivity (Wildman–Crippen MR) is 72.4 cm³/mol. The van der Waals surface area contributed by atoms with E-state index in [9.17, 15) is 0 Å². The molecular formula is C16H11N. The second-order valence-corrected chi connectivity index (χ2v) is 3.89. The Hall–Kier alpha value is -2.37. The Kier molecular flexibility index (Phi) is 2.45. The van der Waals surface area contributed by atoms with Gasteiger partial charge in [0, 0.05) is 17.4 Å². The second-order valence-electron chi connectivity index (χ2n) is 3.89. The molecule has 3 rings (SSSR count). The van der Waals surface area contributed by atoms with Crippen molar-refractivity contribution in [2.45, 2.75) is 0 Å². The Labute approximate surface area is 100 Å². The molecule has 1 aliphatic heterocycles. The number of allylic oxidation sites excluding steroid dienone is 1. The van der Waals surface area contributed by atoms with Gasteiger partial charge in [0.1, 0.15) is 0 Å². The predicted octanol–water partition coefficient (Wildman–Crippen LogP) is 4.10. The van der Waals surface area contributed by atoms with E-state index in [4.69, 9.17) is 0 Å². The van der Waals surface area contributed by atoms with Gasteiger partial charge in [-0.15, -0.1) is 5.73 Å². The highest BCUT2D eigenvalue weighted by Crippen LogP contribution is 2.30. The number of aliphatic imine (C=N–C) groups is 1. The monoisotopic (exact) mass is 217 g/mol. The minimum Gasteiger partial charge on any atom is -0.255 e. The van der Waals surface area contributed by atoms with Crippen molar-refractivity contribution in [1.82, 2.24) is 0 Å². The van der Waals surface area contributed by atoms with Crippen LogP contribution in [0.5, 0.6) is 0 Å². The van der Waals surface area contributed by atoms with E-state index in [2.05, 4.69) is 28.9 Å². The minimum atomic E-state index is 1.02. The molecule has 17 heavy (non-hydrogen) atoms. The maximum absolute atomic E-state index is 4.35. The van der Waals surface area contributed by atoms with E-state index in [0.717, 1.165) is 22.4 Å². The van der Waals surface area contributed by atoms with Gasteiger partial charge < -0.3 is 0 Å². The topological polar surface area (TPSA) is 12.4 Å². The molecular weight excluding hydrogens is 206 g/mol. The molecule has 0 unspecified atom stereocenters. The molecule has 1 aliphatic rings. The zero-order valence-corrected chi connectivity index (χ0v) is 9.30. The van der Waals surface area contributed by atoms with E-state index in [0.29, 0.717) is 0 Å². The van der Waals surface area contributed by atoms with Crippen LogP contribution in [0.1, 0.15) is 11.1 Å². The summed E-state index contributed by atoms with van der Waals surface area (Å²) in [6.07, 6.45) is 3.85. The minimum absolute atomic E-state index is 1.02. The summed E-state index contributed by atoms with van der Waals surface area (Å²) in [5.41, 5.74) is 7.67. The van der Waals surface area contributed by atoms with Gasteiger partial charge in [-0.25, -0.2) is 0 Å². The summed E-state index contributed by atoms with van der Waals surface area (Å²) < 4.78 is 0. The van der Waals surface area contributed by atoms with E-state index in [1.807, 2.05) is 48.7 Å². The van der Waals surface area contributed by atoms with Gasteiger partial charge in [0.05, 0.1) is 5.69 Å². The molecule has 2 aromatic rings. The van der Waals surface area contributed by atoms with Crippen LogP contribution < -0.4 is 0 Å². The molecule has 0 aromatic heterocycles. The van der Waals surface area contributed by atoms with Crippen LogP contribution in [0.4, 0.5) is 5.69 Å². The molecule has 0 fully saturated rings. The van der Waals surface area contributed by atoms with Gasteiger partial charge in [-0.05, 0) is 17.7 Å². The lowest BCUT2D eigenvalue weighted by molar-refractivity contribution is 1.55. The standard InChI is InChI=1S/C16H11N/c1-2-6-13(7-3-1)10-11-14-12-17-16-9-5-4-8-15(14)16/h1-10,12H. The normalized spacial score (nSPS) is 12.1. The molecule has 0 radical (unpaired) electrons. The fourth-order valence-corrected chi connectivity index (χ4v) is 1.84. The van der Waals surface area contributed by atoms with E-state index in [1.165, 1.54) is 0 Å². The van der Waals surface area contributed by atoms with Crippen molar-refractivity contribution in [2.75, 3.05) is 0 Å². The highest BCUT2D eigenvalue weighted by molar-refractivity contribution is 6.16. The lowest BCUT2D eigenvalue weighted by Gasteiger charge is -1.94. The van der Waals surface area contributed by atoms with Crippen LogP contribution in [0.2, 0.25) is 0 Å². The average Bonchev–Trinajstić information content (AvgIpc) is 2.81. The van der Waals surface area contributed by atoms with Crippen LogP contribution >= 0.6 is 0 Å². The first-order chi connectivity index (χ1) is 8.43. The number of hydrogen-bond donors (Lipinski definition) is 0. The summed E-state index contributed by atoms with van der Waals surface area (Å²) in [6.45, 7) is 0. The van der Waals surface area contributed by atoms with Crippen molar-refractivity contribution in [1.29, 1.82) is 0 Å². The molecule has 0 amide bonds. The van der Waals surface area contributed by atoms with Crippen LogP contribution in [-0.2, 0) is 0 Å². The summed E-state index contributed by atoms with van der Waals surface area (Å²) in [7, 11) is 0. The Morgan fingerprint density at radius 3 is 2.53 bits per heavy atom. The SMILES string of the molecule is C(=Cc1ccccc1)=C1C=Nc2ccccc21. The number of para-hydroxylation sites is 1. The Morgan fingerprint density at radius 1 is 0.882 bits per heavy atom. The summed E-state index contributed by atoms with van der Waals surface area (Å²) in [4.78, 5) is 4.35. The molecule has 1 heterocycles. The van der Waals surface area contributed by atoms with E-state index in [1.54, 1.807) is 0 Å². The van der Waals surface area contributed by atoms with Gasteiger partial charge in [-0.2, -0.15) is 0 Å². The fraction of sp³-hybridized carbons (Fsp3) is 0. The smallest absolute Gasteiger partial charge is 0.0715 e. The Balaban J connectivity index is 2.03. The van der Waals surface area contributed by atoms with Crippen molar-refractivity contribution >= 4 is 23.6 Å². The van der Waals surface area contributed by atoms with Crippen molar-refractivity contribution < 1.29 is 0 Å². The first-order valence-corrected chi connectivity index (χ1v) is 5.59. The van der Waals surface area contributed by atoms with Gasteiger partial charge in [0.25, 0.3) is 0 Å². The number of fused-ring (bicyclic) bond motifs is 1. The fourth-order valence-electron chi connectivity index (χ4n) is 1.84.